The fraction of sp³-hybridized carbons (Fsp3) is 0.156. The SMILES string of the molecule is CCc1ccc(N(CC(=O)N/N=C\c2ccc(OCC(=O)NCc3ccccc3)cc2)S(=O)(=O)c2ccccc2)cc1. The Bertz CT molecular complexity index is 1590. The van der Waals surface area contributed by atoms with Crippen LogP contribution in [-0.4, -0.2) is 39.6 Å². The monoisotopic (exact) mass is 584 g/mol. The van der Waals surface area contributed by atoms with Crippen molar-refractivity contribution in [2.75, 3.05) is 17.5 Å². The van der Waals surface area contributed by atoms with Crippen LogP contribution in [0.3, 0.4) is 0 Å². The van der Waals surface area contributed by atoms with Crippen molar-refractivity contribution in [2.24, 2.45) is 5.10 Å². The lowest BCUT2D eigenvalue weighted by molar-refractivity contribution is -0.123. The first-order valence-corrected chi connectivity index (χ1v) is 14.8. The lowest BCUT2D eigenvalue weighted by atomic mass is 10.1. The third-order valence-corrected chi connectivity index (χ3v) is 8.02. The molecule has 2 N–H and O–H groups in total. The van der Waals surface area contributed by atoms with Gasteiger partial charge in [0.25, 0.3) is 21.8 Å². The summed E-state index contributed by atoms with van der Waals surface area (Å²) < 4.78 is 33.4. The van der Waals surface area contributed by atoms with Gasteiger partial charge in [0.2, 0.25) is 0 Å². The molecule has 4 aromatic carbocycles. The highest BCUT2D eigenvalue weighted by molar-refractivity contribution is 7.92. The summed E-state index contributed by atoms with van der Waals surface area (Å²) in [6, 6.07) is 31.4. The third-order valence-electron chi connectivity index (χ3n) is 6.24. The van der Waals surface area contributed by atoms with Gasteiger partial charge in [-0.15, -0.1) is 0 Å². The number of ether oxygens (including phenoxy) is 1. The van der Waals surface area contributed by atoms with Crippen molar-refractivity contribution < 1.29 is 22.7 Å². The number of hydrogen-bond acceptors (Lipinski definition) is 6. The molecule has 0 heterocycles. The molecule has 0 radical (unpaired) electrons. The molecule has 42 heavy (non-hydrogen) atoms. The molecule has 0 aliphatic rings. The normalized spacial score (nSPS) is 11.2. The van der Waals surface area contributed by atoms with E-state index in [0.717, 1.165) is 21.9 Å². The molecule has 0 aromatic heterocycles. The Balaban J connectivity index is 1.32. The maximum absolute atomic E-state index is 13.4. The van der Waals surface area contributed by atoms with E-state index >= 15 is 0 Å². The molecule has 4 aromatic rings. The second kappa shape index (κ2) is 14.6. The summed E-state index contributed by atoms with van der Waals surface area (Å²) in [5.74, 6) is -0.342. The predicted octanol–water partition coefficient (Wildman–Crippen LogP) is 4.29. The van der Waals surface area contributed by atoms with Crippen molar-refractivity contribution in [3.05, 3.63) is 126 Å². The molecule has 10 heteroatoms. The number of anilines is 1. The standard InChI is InChI=1S/C32H32N4O5S/c1-2-25-13-17-28(18-14-25)36(42(39,40)30-11-7-4-8-12-30)23-31(37)35-34-22-27-15-19-29(20-16-27)41-24-32(38)33-21-26-9-5-3-6-10-26/h3-20,22H,2,21,23-24H2,1H3,(H,33,38)(H,35,37)/b34-22-. The number of hydrogen-bond donors (Lipinski definition) is 2. The predicted molar refractivity (Wildman–Crippen MR) is 163 cm³/mol. The second-order valence-corrected chi connectivity index (χ2v) is 11.1. The van der Waals surface area contributed by atoms with Gasteiger partial charge in [-0.25, -0.2) is 13.8 Å². The Morgan fingerprint density at radius 3 is 2.10 bits per heavy atom. The summed E-state index contributed by atoms with van der Waals surface area (Å²) in [6.07, 6.45) is 2.23. The van der Waals surface area contributed by atoms with Gasteiger partial charge in [-0.1, -0.05) is 67.6 Å². The van der Waals surface area contributed by atoms with Crippen molar-refractivity contribution in [1.29, 1.82) is 0 Å². The van der Waals surface area contributed by atoms with Crippen LogP contribution in [0.25, 0.3) is 0 Å². The van der Waals surface area contributed by atoms with Crippen molar-refractivity contribution >= 4 is 33.7 Å². The number of rotatable bonds is 13. The van der Waals surface area contributed by atoms with Crippen molar-refractivity contribution in [3.63, 3.8) is 0 Å². The minimum absolute atomic E-state index is 0.0804. The molecule has 4 rings (SSSR count). The van der Waals surface area contributed by atoms with Crippen molar-refractivity contribution in [3.8, 4) is 5.75 Å². The minimum Gasteiger partial charge on any atom is -0.484 e. The van der Waals surface area contributed by atoms with Crippen molar-refractivity contribution in [2.45, 2.75) is 24.8 Å². The van der Waals surface area contributed by atoms with E-state index in [9.17, 15) is 18.0 Å². The van der Waals surface area contributed by atoms with E-state index in [1.165, 1.54) is 18.3 Å². The topological polar surface area (TPSA) is 117 Å². The van der Waals surface area contributed by atoms with Gasteiger partial charge in [-0.3, -0.25) is 13.9 Å². The zero-order valence-electron chi connectivity index (χ0n) is 23.1. The summed E-state index contributed by atoms with van der Waals surface area (Å²) >= 11 is 0. The largest absolute Gasteiger partial charge is 0.484 e. The second-order valence-electron chi connectivity index (χ2n) is 9.26. The number of carbonyl (C=O) groups excluding carboxylic acids is 2. The van der Waals surface area contributed by atoms with E-state index in [0.29, 0.717) is 23.5 Å². The van der Waals surface area contributed by atoms with Crippen LogP contribution in [-0.2, 0) is 32.6 Å². The quantitative estimate of drug-likeness (QED) is 0.180. The number of carbonyl (C=O) groups is 2. The molecule has 0 spiro atoms. The third kappa shape index (κ3) is 8.52. The summed E-state index contributed by atoms with van der Waals surface area (Å²) in [6.45, 7) is 1.84. The zero-order valence-corrected chi connectivity index (χ0v) is 24.0. The molecule has 0 aliphatic heterocycles. The van der Waals surface area contributed by atoms with E-state index in [1.807, 2.05) is 49.4 Å². The lowest BCUT2D eigenvalue weighted by Crippen LogP contribution is -2.39. The lowest BCUT2D eigenvalue weighted by Gasteiger charge is -2.24. The Morgan fingerprint density at radius 1 is 0.810 bits per heavy atom. The van der Waals surface area contributed by atoms with Crippen molar-refractivity contribution in [1.82, 2.24) is 10.7 Å². The summed E-state index contributed by atoms with van der Waals surface area (Å²) in [7, 11) is -4.00. The van der Waals surface area contributed by atoms with Gasteiger partial charge in [0.05, 0.1) is 16.8 Å². The van der Waals surface area contributed by atoms with Gasteiger partial charge in [0.1, 0.15) is 12.3 Å². The maximum atomic E-state index is 13.4. The summed E-state index contributed by atoms with van der Waals surface area (Å²) in [4.78, 5) is 24.9. The number of benzene rings is 4. The van der Waals surface area contributed by atoms with Crippen LogP contribution in [0.15, 0.2) is 119 Å². The maximum Gasteiger partial charge on any atom is 0.264 e. The number of amides is 2. The highest BCUT2D eigenvalue weighted by atomic mass is 32.2. The highest BCUT2D eigenvalue weighted by Gasteiger charge is 2.27. The molecule has 0 fully saturated rings. The molecule has 0 saturated heterocycles. The van der Waals surface area contributed by atoms with E-state index in [4.69, 9.17) is 4.74 Å². The summed E-state index contributed by atoms with van der Waals surface area (Å²) in [5.41, 5.74) is 5.49. The number of nitrogens with one attached hydrogen (secondary N) is 2. The smallest absolute Gasteiger partial charge is 0.264 e. The van der Waals surface area contributed by atoms with Gasteiger partial charge < -0.3 is 10.1 Å². The van der Waals surface area contributed by atoms with Gasteiger partial charge in [0, 0.05) is 6.54 Å². The van der Waals surface area contributed by atoms with Crippen LogP contribution >= 0.6 is 0 Å². The Hall–Kier alpha value is -4.96. The van der Waals surface area contributed by atoms with E-state index in [1.54, 1.807) is 54.6 Å². The van der Waals surface area contributed by atoms with Crippen LogP contribution in [0.1, 0.15) is 23.6 Å². The van der Waals surface area contributed by atoms with Crippen LogP contribution in [0.4, 0.5) is 5.69 Å². The number of hydrazone groups is 1. The van der Waals surface area contributed by atoms with Crippen LogP contribution in [0.5, 0.6) is 5.75 Å². The molecule has 0 bridgehead atoms. The first kappa shape index (κ1) is 30.0. The average molecular weight is 585 g/mol. The number of sulfonamides is 1. The molecule has 0 aliphatic carbocycles. The Kier molecular flexibility index (Phi) is 10.4. The van der Waals surface area contributed by atoms with Gasteiger partial charge in [-0.2, -0.15) is 5.10 Å². The first-order valence-electron chi connectivity index (χ1n) is 13.4. The highest BCUT2D eigenvalue weighted by Crippen LogP contribution is 2.24. The number of aryl methyl sites for hydroxylation is 1. The molecule has 2 amide bonds. The molecule has 0 atom stereocenters. The molecular weight excluding hydrogens is 552 g/mol. The van der Waals surface area contributed by atoms with E-state index < -0.39 is 22.5 Å². The van der Waals surface area contributed by atoms with Gasteiger partial charge in [0.15, 0.2) is 6.61 Å². The molecule has 216 valence electrons. The molecule has 0 unspecified atom stereocenters. The fourth-order valence-electron chi connectivity index (χ4n) is 3.92. The van der Waals surface area contributed by atoms with E-state index in [-0.39, 0.29) is 17.4 Å². The molecular formula is C32H32N4O5S. The first-order chi connectivity index (χ1) is 20.3. The average Bonchev–Trinajstić information content (AvgIpc) is 3.03. The van der Waals surface area contributed by atoms with Crippen LogP contribution < -0.4 is 19.8 Å². The van der Waals surface area contributed by atoms with Crippen LogP contribution in [0, 0.1) is 0 Å². The minimum atomic E-state index is -4.00. The number of nitrogens with zero attached hydrogens (tertiary/aromatic N) is 2. The zero-order chi connectivity index (χ0) is 29.8. The van der Waals surface area contributed by atoms with Gasteiger partial charge >= 0.3 is 0 Å². The summed E-state index contributed by atoms with van der Waals surface area (Å²) in [5, 5.41) is 6.78. The Labute approximate surface area is 245 Å². The molecule has 0 saturated carbocycles. The Morgan fingerprint density at radius 2 is 1.45 bits per heavy atom. The van der Waals surface area contributed by atoms with Crippen LogP contribution in [0.2, 0.25) is 0 Å². The fourth-order valence-corrected chi connectivity index (χ4v) is 5.37. The molecule has 9 nitrogen and oxygen atoms in total. The van der Waals surface area contributed by atoms with E-state index in [2.05, 4.69) is 15.8 Å². The van der Waals surface area contributed by atoms with Gasteiger partial charge in [-0.05, 0) is 71.6 Å².